The molecule has 1 N–H and O–H groups in total. The van der Waals surface area contributed by atoms with Gasteiger partial charge in [-0.25, -0.2) is 0 Å². The van der Waals surface area contributed by atoms with Crippen molar-refractivity contribution in [1.29, 1.82) is 0 Å². The SMILES string of the molecule is COc1cc(Br)cc(-c2cn[nH]c2)c1OC. The molecule has 0 atom stereocenters. The van der Waals surface area contributed by atoms with Crippen LogP contribution in [0.2, 0.25) is 0 Å². The second-order valence-corrected chi connectivity index (χ2v) is 4.09. The summed E-state index contributed by atoms with van der Waals surface area (Å²) in [5, 5.41) is 6.70. The first kappa shape index (κ1) is 11.0. The third-order valence-corrected chi connectivity index (χ3v) is 2.71. The van der Waals surface area contributed by atoms with Gasteiger partial charge in [0.15, 0.2) is 11.5 Å². The molecule has 5 heteroatoms. The second-order valence-electron chi connectivity index (χ2n) is 3.18. The van der Waals surface area contributed by atoms with Gasteiger partial charge in [0.25, 0.3) is 0 Å². The number of aromatic nitrogens is 2. The number of benzene rings is 1. The highest BCUT2D eigenvalue weighted by Gasteiger charge is 2.13. The second kappa shape index (κ2) is 4.57. The van der Waals surface area contributed by atoms with Crippen molar-refractivity contribution < 1.29 is 9.47 Å². The molecule has 1 aromatic carbocycles. The molecule has 4 nitrogen and oxygen atoms in total. The van der Waals surface area contributed by atoms with Gasteiger partial charge in [-0.3, -0.25) is 5.10 Å². The van der Waals surface area contributed by atoms with E-state index in [4.69, 9.17) is 9.47 Å². The number of nitrogens with zero attached hydrogens (tertiary/aromatic N) is 1. The van der Waals surface area contributed by atoms with Crippen LogP contribution in [0.4, 0.5) is 0 Å². The van der Waals surface area contributed by atoms with E-state index in [9.17, 15) is 0 Å². The van der Waals surface area contributed by atoms with E-state index < -0.39 is 0 Å². The Morgan fingerprint density at radius 2 is 2.06 bits per heavy atom. The van der Waals surface area contributed by atoms with Crippen molar-refractivity contribution in [2.45, 2.75) is 0 Å². The summed E-state index contributed by atoms with van der Waals surface area (Å²) in [5.74, 6) is 1.39. The van der Waals surface area contributed by atoms with E-state index in [1.807, 2.05) is 18.3 Å². The van der Waals surface area contributed by atoms with Crippen molar-refractivity contribution >= 4 is 15.9 Å². The summed E-state index contributed by atoms with van der Waals surface area (Å²) >= 11 is 3.44. The van der Waals surface area contributed by atoms with Crippen LogP contribution >= 0.6 is 15.9 Å². The fourth-order valence-corrected chi connectivity index (χ4v) is 1.98. The van der Waals surface area contributed by atoms with Crippen LogP contribution in [-0.4, -0.2) is 24.4 Å². The van der Waals surface area contributed by atoms with Crippen LogP contribution in [0.5, 0.6) is 11.5 Å². The molecule has 84 valence electrons. The number of aromatic amines is 1. The number of nitrogens with one attached hydrogen (secondary N) is 1. The molecule has 0 radical (unpaired) electrons. The molecule has 0 aliphatic heterocycles. The van der Waals surface area contributed by atoms with Gasteiger partial charge in [-0.2, -0.15) is 5.10 Å². The number of ether oxygens (including phenoxy) is 2. The average Bonchev–Trinajstić information content (AvgIpc) is 2.81. The Labute approximate surface area is 102 Å². The van der Waals surface area contributed by atoms with Gasteiger partial charge >= 0.3 is 0 Å². The number of halogens is 1. The number of H-pyrrole nitrogens is 1. The molecule has 0 aliphatic carbocycles. The van der Waals surface area contributed by atoms with Crippen LogP contribution in [0.15, 0.2) is 29.0 Å². The van der Waals surface area contributed by atoms with Crippen molar-refractivity contribution in [2.75, 3.05) is 14.2 Å². The molecule has 0 bridgehead atoms. The van der Waals surface area contributed by atoms with E-state index in [0.29, 0.717) is 11.5 Å². The number of hydrogen-bond donors (Lipinski definition) is 1. The van der Waals surface area contributed by atoms with E-state index in [1.165, 1.54) is 0 Å². The Hall–Kier alpha value is -1.49. The number of methoxy groups -OCH3 is 2. The predicted molar refractivity (Wildman–Crippen MR) is 64.8 cm³/mol. The normalized spacial score (nSPS) is 10.2. The summed E-state index contributed by atoms with van der Waals surface area (Å²) in [6.07, 6.45) is 3.55. The number of hydrogen-bond acceptors (Lipinski definition) is 3. The minimum Gasteiger partial charge on any atom is -0.493 e. The first-order valence-electron chi connectivity index (χ1n) is 4.67. The molecule has 0 amide bonds. The summed E-state index contributed by atoms with van der Waals surface area (Å²) in [5.41, 5.74) is 1.89. The highest BCUT2D eigenvalue weighted by atomic mass is 79.9. The molecule has 0 spiro atoms. The largest absolute Gasteiger partial charge is 0.493 e. The molecule has 16 heavy (non-hydrogen) atoms. The summed E-state index contributed by atoms with van der Waals surface area (Å²) in [6.45, 7) is 0. The van der Waals surface area contributed by atoms with Gasteiger partial charge in [-0.1, -0.05) is 15.9 Å². The van der Waals surface area contributed by atoms with Crippen molar-refractivity contribution in [2.24, 2.45) is 0 Å². The topological polar surface area (TPSA) is 47.1 Å². The maximum absolute atomic E-state index is 5.36. The third-order valence-electron chi connectivity index (χ3n) is 2.25. The standard InChI is InChI=1S/C11H11BrN2O2/c1-15-10-4-8(12)3-9(11(10)16-2)7-5-13-14-6-7/h3-6H,1-2H3,(H,13,14). The van der Waals surface area contributed by atoms with Crippen LogP contribution in [0.25, 0.3) is 11.1 Å². The predicted octanol–water partition coefficient (Wildman–Crippen LogP) is 2.86. The van der Waals surface area contributed by atoms with Gasteiger partial charge in [0.1, 0.15) is 0 Å². The molecular formula is C11H11BrN2O2. The van der Waals surface area contributed by atoms with Crippen molar-refractivity contribution in [3.8, 4) is 22.6 Å². The smallest absolute Gasteiger partial charge is 0.168 e. The Bertz CT molecular complexity index is 483. The Balaban J connectivity index is 2.63. The van der Waals surface area contributed by atoms with E-state index >= 15 is 0 Å². The van der Waals surface area contributed by atoms with Gasteiger partial charge < -0.3 is 9.47 Å². The van der Waals surface area contributed by atoms with Crippen LogP contribution in [0, 0.1) is 0 Å². The first-order valence-corrected chi connectivity index (χ1v) is 5.46. The zero-order valence-corrected chi connectivity index (χ0v) is 10.5. The summed E-state index contributed by atoms with van der Waals surface area (Å²) in [7, 11) is 3.23. The van der Waals surface area contributed by atoms with E-state index in [0.717, 1.165) is 15.6 Å². The van der Waals surface area contributed by atoms with Crippen LogP contribution in [0.3, 0.4) is 0 Å². The fourth-order valence-electron chi connectivity index (χ4n) is 1.54. The molecule has 2 rings (SSSR count). The molecule has 2 aromatic rings. The lowest BCUT2D eigenvalue weighted by molar-refractivity contribution is 0.356. The van der Waals surface area contributed by atoms with E-state index in [1.54, 1.807) is 20.4 Å². The molecule has 0 saturated carbocycles. The molecular weight excluding hydrogens is 272 g/mol. The van der Waals surface area contributed by atoms with E-state index in [2.05, 4.69) is 26.1 Å². The zero-order valence-electron chi connectivity index (χ0n) is 8.95. The monoisotopic (exact) mass is 282 g/mol. The zero-order chi connectivity index (χ0) is 11.5. The molecule has 1 aromatic heterocycles. The Morgan fingerprint density at radius 1 is 1.25 bits per heavy atom. The molecule has 0 saturated heterocycles. The van der Waals surface area contributed by atoms with Crippen LogP contribution < -0.4 is 9.47 Å². The maximum atomic E-state index is 5.36. The van der Waals surface area contributed by atoms with Gasteiger partial charge in [-0.15, -0.1) is 0 Å². The lowest BCUT2D eigenvalue weighted by atomic mass is 10.1. The molecule has 0 aliphatic rings. The molecule has 1 heterocycles. The van der Waals surface area contributed by atoms with Gasteiger partial charge in [0.05, 0.1) is 20.4 Å². The van der Waals surface area contributed by atoms with Crippen molar-refractivity contribution in [3.05, 3.63) is 29.0 Å². The van der Waals surface area contributed by atoms with Gasteiger partial charge in [0, 0.05) is 21.8 Å². The average molecular weight is 283 g/mol. The van der Waals surface area contributed by atoms with Gasteiger partial charge in [-0.05, 0) is 12.1 Å². The van der Waals surface area contributed by atoms with Crippen molar-refractivity contribution in [3.63, 3.8) is 0 Å². The molecule has 0 fully saturated rings. The van der Waals surface area contributed by atoms with Crippen molar-refractivity contribution in [1.82, 2.24) is 10.2 Å². The van der Waals surface area contributed by atoms with E-state index in [-0.39, 0.29) is 0 Å². The summed E-state index contributed by atoms with van der Waals surface area (Å²) in [4.78, 5) is 0. The highest BCUT2D eigenvalue weighted by molar-refractivity contribution is 9.10. The molecule has 0 unspecified atom stereocenters. The number of rotatable bonds is 3. The quantitative estimate of drug-likeness (QED) is 0.942. The minimum absolute atomic E-state index is 0.688. The summed E-state index contributed by atoms with van der Waals surface area (Å²) < 4.78 is 11.6. The third kappa shape index (κ3) is 1.90. The highest BCUT2D eigenvalue weighted by Crippen LogP contribution is 2.40. The minimum atomic E-state index is 0.688. The Kier molecular flexibility index (Phi) is 3.14. The lowest BCUT2D eigenvalue weighted by Gasteiger charge is -2.12. The van der Waals surface area contributed by atoms with Crippen LogP contribution in [-0.2, 0) is 0 Å². The Morgan fingerprint density at radius 3 is 2.62 bits per heavy atom. The first-order chi connectivity index (χ1) is 7.76. The fraction of sp³-hybridized carbons (Fsp3) is 0.182. The maximum Gasteiger partial charge on any atom is 0.168 e. The van der Waals surface area contributed by atoms with Gasteiger partial charge in [0.2, 0.25) is 0 Å². The lowest BCUT2D eigenvalue weighted by Crippen LogP contribution is -1.93. The van der Waals surface area contributed by atoms with Crippen LogP contribution in [0.1, 0.15) is 0 Å². The summed E-state index contributed by atoms with van der Waals surface area (Å²) in [6, 6.07) is 3.83.